The van der Waals surface area contributed by atoms with Gasteiger partial charge in [0.2, 0.25) is 0 Å². The zero-order valence-electron chi connectivity index (χ0n) is 17.2. The zero-order valence-corrected chi connectivity index (χ0v) is 19.5. The lowest BCUT2D eigenvalue weighted by Crippen LogP contribution is -2.43. The van der Waals surface area contributed by atoms with E-state index < -0.39 is 0 Å². The Morgan fingerprint density at radius 1 is 1.14 bits per heavy atom. The average molecular weight is 497 g/mol. The standard InChI is InChI=1S/C21H31N5O.HI/c1-5-26(6-2)20(17-10-9-12-19(14-17)27-4)16-25-21(22-3)24-15-18-11-7-8-13-23-18;/h7-14,20H,5-6,15-16H2,1-4H3,(H2,22,24,25);1H. The number of halogens is 1. The van der Waals surface area contributed by atoms with Crippen molar-refractivity contribution in [2.24, 2.45) is 4.99 Å². The quantitative estimate of drug-likeness (QED) is 0.316. The zero-order chi connectivity index (χ0) is 19.5. The number of rotatable bonds is 9. The maximum atomic E-state index is 5.40. The summed E-state index contributed by atoms with van der Waals surface area (Å²) in [4.78, 5) is 11.1. The van der Waals surface area contributed by atoms with Crippen molar-refractivity contribution >= 4 is 29.9 Å². The smallest absolute Gasteiger partial charge is 0.191 e. The highest BCUT2D eigenvalue weighted by Crippen LogP contribution is 2.23. The molecule has 2 rings (SSSR count). The fourth-order valence-electron chi connectivity index (χ4n) is 3.06. The maximum Gasteiger partial charge on any atom is 0.191 e. The highest BCUT2D eigenvalue weighted by atomic mass is 127. The second-order valence-electron chi connectivity index (χ2n) is 6.14. The third kappa shape index (κ3) is 7.27. The molecule has 1 atom stereocenters. The molecule has 0 fully saturated rings. The van der Waals surface area contributed by atoms with Crippen LogP contribution < -0.4 is 15.4 Å². The molecule has 6 nitrogen and oxygen atoms in total. The molecule has 0 spiro atoms. The number of guanidine groups is 1. The minimum absolute atomic E-state index is 0. The van der Waals surface area contributed by atoms with Crippen molar-refractivity contribution in [2.45, 2.75) is 26.4 Å². The van der Waals surface area contributed by atoms with Crippen LogP contribution in [0, 0.1) is 0 Å². The van der Waals surface area contributed by atoms with E-state index in [1.54, 1.807) is 20.4 Å². The molecule has 0 saturated heterocycles. The predicted molar refractivity (Wildman–Crippen MR) is 127 cm³/mol. The average Bonchev–Trinajstić information content (AvgIpc) is 2.73. The Balaban J connectivity index is 0.00000392. The van der Waals surface area contributed by atoms with E-state index in [0.29, 0.717) is 6.54 Å². The van der Waals surface area contributed by atoms with Crippen LogP contribution in [-0.4, -0.2) is 49.6 Å². The second-order valence-corrected chi connectivity index (χ2v) is 6.14. The third-order valence-corrected chi connectivity index (χ3v) is 4.58. The number of aliphatic imine (C=N–C) groups is 1. The van der Waals surface area contributed by atoms with Crippen molar-refractivity contribution in [3.05, 3.63) is 59.9 Å². The van der Waals surface area contributed by atoms with Gasteiger partial charge in [-0.05, 0) is 42.9 Å². The molecular weight excluding hydrogens is 465 g/mol. The lowest BCUT2D eigenvalue weighted by molar-refractivity contribution is 0.218. The number of nitrogens with zero attached hydrogens (tertiary/aromatic N) is 3. The Labute approximate surface area is 185 Å². The van der Waals surface area contributed by atoms with Crippen molar-refractivity contribution < 1.29 is 4.74 Å². The van der Waals surface area contributed by atoms with Gasteiger partial charge in [-0.1, -0.05) is 32.0 Å². The first-order chi connectivity index (χ1) is 13.2. The molecule has 7 heteroatoms. The fourth-order valence-corrected chi connectivity index (χ4v) is 3.06. The van der Waals surface area contributed by atoms with E-state index in [-0.39, 0.29) is 30.0 Å². The first-order valence-electron chi connectivity index (χ1n) is 9.44. The molecule has 0 aliphatic carbocycles. The van der Waals surface area contributed by atoms with Crippen LogP contribution in [0.3, 0.4) is 0 Å². The summed E-state index contributed by atoms with van der Waals surface area (Å²) in [7, 11) is 3.49. The van der Waals surface area contributed by atoms with Crippen LogP contribution in [0.4, 0.5) is 0 Å². The van der Waals surface area contributed by atoms with E-state index in [1.165, 1.54) is 5.56 Å². The summed E-state index contributed by atoms with van der Waals surface area (Å²) in [5.74, 6) is 1.64. The Kier molecular flexibility index (Phi) is 11.5. The highest BCUT2D eigenvalue weighted by Gasteiger charge is 2.19. The topological polar surface area (TPSA) is 61.8 Å². The number of ether oxygens (including phenoxy) is 1. The number of likely N-dealkylation sites (N-methyl/N-ethyl adjacent to an activating group) is 1. The van der Waals surface area contributed by atoms with Crippen molar-refractivity contribution in [2.75, 3.05) is 33.8 Å². The molecule has 0 aliphatic heterocycles. The summed E-state index contributed by atoms with van der Waals surface area (Å²) in [6.07, 6.45) is 1.80. The van der Waals surface area contributed by atoms with Crippen LogP contribution in [0.5, 0.6) is 5.75 Å². The van der Waals surface area contributed by atoms with Crippen LogP contribution in [0.15, 0.2) is 53.7 Å². The maximum absolute atomic E-state index is 5.40. The van der Waals surface area contributed by atoms with Gasteiger partial charge in [0.05, 0.1) is 25.4 Å². The summed E-state index contributed by atoms with van der Waals surface area (Å²) >= 11 is 0. The van der Waals surface area contributed by atoms with Gasteiger partial charge in [0.1, 0.15) is 5.75 Å². The molecule has 154 valence electrons. The van der Waals surface area contributed by atoms with Gasteiger partial charge in [-0.3, -0.25) is 14.9 Å². The van der Waals surface area contributed by atoms with E-state index >= 15 is 0 Å². The number of aromatic nitrogens is 1. The number of hydrogen-bond donors (Lipinski definition) is 2. The molecule has 0 saturated carbocycles. The molecule has 1 aromatic heterocycles. The molecule has 28 heavy (non-hydrogen) atoms. The molecule has 0 radical (unpaired) electrons. The monoisotopic (exact) mass is 497 g/mol. The summed E-state index contributed by atoms with van der Waals surface area (Å²) in [6, 6.07) is 14.4. The molecular formula is C21H32IN5O. The third-order valence-electron chi connectivity index (χ3n) is 4.58. The fraction of sp³-hybridized carbons (Fsp3) is 0.429. The van der Waals surface area contributed by atoms with Gasteiger partial charge < -0.3 is 15.4 Å². The molecule has 2 aromatic rings. The number of hydrogen-bond acceptors (Lipinski definition) is 4. The first-order valence-corrected chi connectivity index (χ1v) is 9.44. The molecule has 1 heterocycles. The highest BCUT2D eigenvalue weighted by molar-refractivity contribution is 14.0. The van der Waals surface area contributed by atoms with Crippen LogP contribution in [0.25, 0.3) is 0 Å². The Morgan fingerprint density at radius 2 is 1.93 bits per heavy atom. The molecule has 1 aromatic carbocycles. The molecule has 0 bridgehead atoms. The lowest BCUT2D eigenvalue weighted by Gasteiger charge is -2.31. The van der Waals surface area contributed by atoms with Crippen LogP contribution >= 0.6 is 24.0 Å². The summed E-state index contributed by atoms with van der Waals surface area (Å²) < 4.78 is 5.40. The number of pyridine rings is 1. The Morgan fingerprint density at radius 3 is 2.54 bits per heavy atom. The lowest BCUT2D eigenvalue weighted by atomic mass is 10.0. The molecule has 0 amide bonds. The molecule has 0 aliphatic rings. The van der Waals surface area contributed by atoms with E-state index in [4.69, 9.17) is 4.74 Å². The first kappa shape index (κ1) is 24.2. The van der Waals surface area contributed by atoms with Crippen LogP contribution in [0.1, 0.15) is 31.1 Å². The predicted octanol–water partition coefficient (Wildman–Crippen LogP) is 3.46. The van der Waals surface area contributed by atoms with Gasteiger partial charge in [-0.25, -0.2) is 0 Å². The Hall–Kier alpha value is -1.87. The van der Waals surface area contributed by atoms with E-state index in [2.05, 4.69) is 51.5 Å². The van der Waals surface area contributed by atoms with Gasteiger partial charge in [0.25, 0.3) is 0 Å². The molecule has 2 N–H and O–H groups in total. The van der Waals surface area contributed by atoms with Crippen molar-refractivity contribution in [1.82, 2.24) is 20.5 Å². The van der Waals surface area contributed by atoms with Crippen LogP contribution in [-0.2, 0) is 6.54 Å². The SMILES string of the molecule is CCN(CC)C(CNC(=NC)NCc1ccccn1)c1cccc(OC)c1.I. The van der Waals surface area contributed by atoms with Gasteiger partial charge in [0.15, 0.2) is 5.96 Å². The van der Waals surface area contributed by atoms with Crippen molar-refractivity contribution in [3.8, 4) is 5.75 Å². The molecule has 1 unspecified atom stereocenters. The van der Waals surface area contributed by atoms with Gasteiger partial charge in [0, 0.05) is 19.8 Å². The summed E-state index contributed by atoms with van der Waals surface area (Å²) in [5, 5.41) is 6.78. The Bertz CT molecular complexity index is 707. The number of methoxy groups -OCH3 is 1. The van der Waals surface area contributed by atoms with E-state index in [0.717, 1.165) is 37.0 Å². The minimum atomic E-state index is 0. The van der Waals surface area contributed by atoms with Gasteiger partial charge in [-0.15, -0.1) is 24.0 Å². The second kappa shape index (κ2) is 13.3. The number of nitrogens with one attached hydrogen (secondary N) is 2. The minimum Gasteiger partial charge on any atom is -0.497 e. The van der Waals surface area contributed by atoms with Crippen molar-refractivity contribution in [3.63, 3.8) is 0 Å². The van der Waals surface area contributed by atoms with Crippen molar-refractivity contribution in [1.29, 1.82) is 0 Å². The van der Waals surface area contributed by atoms with E-state index in [1.807, 2.05) is 30.3 Å². The largest absolute Gasteiger partial charge is 0.497 e. The van der Waals surface area contributed by atoms with Crippen LogP contribution in [0.2, 0.25) is 0 Å². The normalized spacial score (nSPS) is 12.2. The summed E-state index contributed by atoms with van der Waals surface area (Å²) in [5.41, 5.74) is 2.21. The number of benzene rings is 1. The van der Waals surface area contributed by atoms with Gasteiger partial charge >= 0.3 is 0 Å². The summed E-state index contributed by atoms with van der Waals surface area (Å²) in [6.45, 7) is 7.70. The van der Waals surface area contributed by atoms with E-state index in [9.17, 15) is 0 Å². The van der Waals surface area contributed by atoms with Gasteiger partial charge in [-0.2, -0.15) is 0 Å².